The van der Waals surface area contributed by atoms with Gasteiger partial charge in [0.05, 0.1) is 26.4 Å². The number of carbonyl (C=O) groups is 2. The summed E-state index contributed by atoms with van der Waals surface area (Å²) in [5.74, 6) is -1.97. The van der Waals surface area contributed by atoms with Crippen LogP contribution in [0.15, 0.2) is 42.6 Å². The molecule has 10 heteroatoms. The predicted molar refractivity (Wildman–Crippen MR) is 134 cm³/mol. The molecule has 37 heavy (non-hydrogen) atoms. The number of esters is 1. The van der Waals surface area contributed by atoms with Gasteiger partial charge in [0.25, 0.3) is 5.91 Å². The number of hydrogen-bond donors (Lipinski definition) is 2. The second kappa shape index (κ2) is 14.5. The third-order valence-corrected chi connectivity index (χ3v) is 6.18. The standard InChI is InChI=1S/C27H36N2O8/c1-4-5-13-34-17-36-23-16-35-15-21(29-26(31)24-25(30)22(33-3)11-12-28-24)27(32)37-18(2)20(23)14-19-9-7-6-8-10-19/h6-12,18,20-21,23,30H,4-5,13-17H2,1-3H3,(H,29,31)/t18-,20-,21-,23-/m0/s1. The first kappa shape index (κ1) is 28.4. The molecule has 1 aromatic carbocycles. The lowest BCUT2D eigenvalue weighted by Gasteiger charge is -2.30. The van der Waals surface area contributed by atoms with Crippen LogP contribution in [0.5, 0.6) is 11.5 Å². The summed E-state index contributed by atoms with van der Waals surface area (Å²) < 4.78 is 28.3. The SMILES string of the molecule is CCCCOCO[C@H]1COC[C@H](NC(=O)c2nccc(OC)c2O)C(=O)O[C@@H](C)[C@@H]1Cc1ccccc1. The fourth-order valence-corrected chi connectivity index (χ4v) is 4.04. The molecule has 1 aliphatic rings. The van der Waals surface area contributed by atoms with E-state index in [4.69, 9.17) is 23.7 Å². The molecule has 2 aromatic rings. The van der Waals surface area contributed by atoms with Gasteiger partial charge in [0, 0.05) is 24.8 Å². The molecule has 0 bridgehead atoms. The first-order valence-corrected chi connectivity index (χ1v) is 12.5. The Hall–Kier alpha value is -3.21. The zero-order valence-electron chi connectivity index (χ0n) is 21.6. The molecule has 0 aliphatic carbocycles. The summed E-state index contributed by atoms with van der Waals surface area (Å²) >= 11 is 0. The summed E-state index contributed by atoms with van der Waals surface area (Å²) in [5, 5.41) is 12.8. The van der Waals surface area contributed by atoms with Gasteiger partial charge in [-0.05, 0) is 25.3 Å². The topological polar surface area (TPSA) is 125 Å². The molecule has 4 atom stereocenters. The second-order valence-corrected chi connectivity index (χ2v) is 8.85. The van der Waals surface area contributed by atoms with Crippen LogP contribution in [-0.2, 0) is 30.2 Å². The number of benzene rings is 1. The van der Waals surface area contributed by atoms with Gasteiger partial charge in [0.15, 0.2) is 23.2 Å². The second-order valence-electron chi connectivity index (χ2n) is 8.85. The maximum atomic E-state index is 13.1. The summed E-state index contributed by atoms with van der Waals surface area (Å²) in [7, 11) is 1.36. The van der Waals surface area contributed by atoms with Gasteiger partial charge in [-0.15, -0.1) is 0 Å². The Morgan fingerprint density at radius 3 is 2.73 bits per heavy atom. The van der Waals surface area contributed by atoms with Crippen LogP contribution >= 0.6 is 0 Å². The third-order valence-electron chi connectivity index (χ3n) is 6.18. The lowest BCUT2D eigenvalue weighted by Crippen LogP contribution is -2.46. The Morgan fingerprint density at radius 1 is 1.22 bits per heavy atom. The van der Waals surface area contributed by atoms with Gasteiger partial charge in [-0.3, -0.25) is 4.79 Å². The molecule has 1 amide bonds. The fourth-order valence-electron chi connectivity index (χ4n) is 4.04. The molecule has 1 saturated heterocycles. The maximum Gasteiger partial charge on any atom is 0.331 e. The Labute approximate surface area is 217 Å². The first-order chi connectivity index (χ1) is 17.9. The summed E-state index contributed by atoms with van der Waals surface area (Å²) in [5.41, 5.74) is 0.798. The Kier molecular flexibility index (Phi) is 11.1. The molecule has 0 spiro atoms. The number of amides is 1. The summed E-state index contributed by atoms with van der Waals surface area (Å²) in [6, 6.07) is 10.2. The highest BCUT2D eigenvalue weighted by atomic mass is 16.7. The number of nitrogens with zero attached hydrogens (tertiary/aromatic N) is 1. The van der Waals surface area contributed by atoms with Crippen LogP contribution in [0.1, 0.15) is 42.7 Å². The minimum atomic E-state index is -1.11. The summed E-state index contributed by atoms with van der Waals surface area (Å²) in [6.45, 7) is 4.61. The van der Waals surface area contributed by atoms with E-state index in [1.807, 2.05) is 30.3 Å². The van der Waals surface area contributed by atoms with Crippen LogP contribution in [0.4, 0.5) is 0 Å². The largest absolute Gasteiger partial charge is 0.503 e. The summed E-state index contributed by atoms with van der Waals surface area (Å²) in [4.78, 5) is 29.8. The monoisotopic (exact) mass is 516 g/mol. The van der Waals surface area contributed by atoms with E-state index in [9.17, 15) is 14.7 Å². The molecule has 202 valence electrons. The normalized spacial score (nSPS) is 22.3. The van der Waals surface area contributed by atoms with Crippen LogP contribution in [0, 0.1) is 5.92 Å². The number of carbonyl (C=O) groups excluding carboxylic acids is 2. The van der Waals surface area contributed by atoms with E-state index >= 15 is 0 Å². The Balaban J connectivity index is 1.74. The number of ether oxygens (including phenoxy) is 5. The van der Waals surface area contributed by atoms with Crippen molar-refractivity contribution >= 4 is 11.9 Å². The molecule has 2 N–H and O–H groups in total. The van der Waals surface area contributed by atoms with Crippen molar-refractivity contribution in [2.45, 2.75) is 51.4 Å². The van der Waals surface area contributed by atoms with Crippen LogP contribution in [0.2, 0.25) is 0 Å². The molecule has 1 aromatic heterocycles. The number of hydrogen-bond acceptors (Lipinski definition) is 9. The number of rotatable bonds is 11. The van der Waals surface area contributed by atoms with Crippen molar-refractivity contribution in [2.24, 2.45) is 5.92 Å². The van der Waals surface area contributed by atoms with Gasteiger partial charge in [-0.1, -0.05) is 43.7 Å². The van der Waals surface area contributed by atoms with Crippen molar-refractivity contribution in [3.63, 3.8) is 0 Å². The number of aromatic hydroxyl groups is 1. The molecule has 2 heterocycles. The van der Waals surface area contributed by atoms with E-state index in [1.54, 1.807) is 6.92 Å². The number of pyridine rings is 1. The third kappa shape index (κ3) is 8.14. The van der Waals surface area contributed by atoms with E-state index in [0.717, 1.165) is 18.4 Å². The van der Waals surface area contributed by atoms with Crippen molar-refractivity contribution in [2.75, 3.05) is 33.7 Å². The molecule has 10 nitrogen and oxygen atoms in total. The summed E-state index contributed by atoms with van der Waals surface area (Å²) in [6.07, 6.45) is 2.92. The van der Waals surface area contributed by atoms with E-state index in [0.29, 0.717) is 13.0 Å². The zero-order chi connectivity index (χ0) is 26.6. The molecule has 3 rings (SSSR count). The fraction of sp³-hybridized carbons (Fsp3) is 0.519. The molecule has 0 unspecified atom stereocenters. The number of methoxy groups -OCH3 is 1. The smallest absolute Gasteiger partial charge is 0.331 e. The lowest BCUT2D eigenvalue weighted by molar-refractivity contribution is -0.159. The highest BCUT2D eigenvalue weighted by Gasteiger charge is 2.36. The van der Waals surface area contributed by atoms with E-state index in [2.05, 4.69) is 17.2 Å². The molecule has 1 aliphatic heterocycles. The predicted octanol–water partition coefficient (Wildman–Crippen LogP) is 2.87. The number of nitrogens with one attached hydrogen (secondary N) is 1. The van der Waals surface area contributed by atoms with Gasteiger partial charge in [-0.2, -0.15) is 0 Å². The quantitative estimate of drug-likeness (QED) is 0.263. The van der Waals surface area contributed by atoms with Crippen molar-refractivity contribution in [3.05, 3.63) is 53.9 Å². The van der Waals surface area contributed by atoms with Crippen molar-refractivity contribution in [3.8, 4) is 11.5 Å². The number of cyclic esters (lactones) is 1. The zero-order valence-corrected chi connectivity index (χ0v) is 21.6. The van der Waals surface area contributed by atoms with Crippen molar-refractivity contribution in [1.29, 1.82) is 0 Å². The minimum Gasteiger partial charge on any atom is -0.503 e. The van der Waals surface area contributed by atoms with E-state index in [1.165, 1.54) is 19.4 Å². The molecule has 1 fully saturated rings. The Morgan fingerprint density at radius 2 is 2.00 bits per heavy atom. The van der Waals surface area contributed by atoms with Gasteiger partial charge < -0.3 is 34.1 Å². The molecule has 0 saturated carbocycles. The minimum absolute atomic E-state index is 0.0898. The number of aromatic nitrogens is 1. The first-order valence-electron chi connectivity index (χ1n) is 12.5. The van der Waals surface area contributed by atoms with Crippen LogP contribution in [0.3, 0.4) is 0 Å². The Bertz CT molecular complexity index is 1000. The van der Waals surface area contributed by atoms with Crippen LogP contribution in [-0.4, -0.2) is 73.9 Å². The number of unbranched alkanes of at least 4 members (excludes halogenated alkanes) is 1. The highest BCUT2D eigenvalue weighted by Crippen LogP contribution is 2.28. The van der Waals surface area contributed by atoms with Gasteiger partial charge in [0.1, 0.15) is 12.9 Å². The van der Waals surface area contributed by atoms with Crippen LogP contribution in [0.25, 0.3) is 0 Å². The average molecular weight is 517 g/mol. The van der Waals surface area contributed by atoms with Crippen LogP contribution < -0.4 is 10.1 Å². The van der Waals surface area contributed by atoms with Gasteiger partial charge in [-0.25, -0.2) is 9.78 Å². The molecular formula is C27H36N2O8. The molecule has 0 radical (unpaired) electrons. The average Bonchev–Trinajstić information content (AvgIpc) is 2.94. The van der Waals surface area contributed by atoms with Gasteiger partial charge >= 0.3 is 5.97 Å². The van der Waals surface area contributed by atoms with Crippen molar-refractivity contribution in [1.82, 2.24) is 10.3 Å². The lowest BCUT2D eigenvalue weighted by atomic mass is 9.89. The molecular weight excluding hydrogens is 480 g/mol. The maximum absolute atomic E-state index is 13.1. The van der Waals surface area contributed by atoms with Crippen molar-refractivity contribution < 1.29 is 38.4 Å². The highest BCUT2D eigenvalue weighted by molar-refractivity contribution is 5.98. The van der Waals surface area contributed by atoms with E-state index < -0.39 is 35.9 Å². The van der Waals surface area contributed by atoms with E-state index in [-0.39, 0.29) is 37.4 Å². The van der Waals surface area contributed by atoms with Gasteiger partial charge in [0.2, 0.25) is 0 Å².